The normalized spacial score (nSPS) is 21.4. The van der Waals surface area contributed by atoms with Gasteiger partial charge in [-0.15, -0.1) is 0 Å². The molecule has 0 bridgehead atoms. The molecule has 0 radical (unpaired) electrons. The molecule has 5 heteroatoms. The van der Waals surface area contributed by atoms with Gasteiger partial charge in [-0.25, -0.2) is 0 Å². The van der Waals surface area contributed by atoms with E-state index in [1.165, 1.54) is 18.4 Å². The highest BCUT2D eigenvalue weighted by molar-refractivity contribution is 5.76. The molecule has 2 aliphatic heterocycles. The van der Waals surface area contributed by atoms with E-state index in [4.69, 9.17) is 4.74 Å². The molecule has 1 amide bonds. The second-order valence-corrected chi connectivity index (χ2v) is 7.58. The number of phenols is 1. The summed E-state index contributed by atoms with van der Waals surface area (Å²) in [5.41, 5.74) is 1.52. The molecule has 1 N–H and O–H groups in total. The molecule has 2 fully saturated rings. The summed E-state index contributed by atoms with van der Waals surface area (Å²) in [6, 6.07) is 5.64. The molecular weight excluding hydrogens is 316 g/mol. The van der Waals surface area contributed by atoms with Crippen LogP contribution in [0.15, 0.2) is 18.2 Å². The Kier molecular flexibility index (Phi) is 5.52. The molecule has 1 aromatic carbocycles. The van der Waals surface area contributed by atoms with Crippen LogP contribution in [0.4, 0.5) is 0 Å². The highest BCUT2D eigenvalue weighted by Gasteiger charge is 2.37. The van der Waals surface area contributed by atoms with Crippen molar-refractivity contribution in [1.29, 1.82) is 0 Å². The third-order valence-electron chi connectivity index (χ3n) is 5.92. The number of aromatic hydroxyl groups is 1. The van der Waals surface area contributed by atoms with Gasteiger partial charge >= 0.3 is 0 Å². The maximum Gasteiger partial charge on any atom is 0.222 e. The summed E-state index contributed by atoms with van der Waals surface area (Å²) in [5, 5.41) is 9.84. The minimum atomic E-state index is 0.204. The van der Waals surface area contributed by atoms with Gasteiger partial charge in [-0.05, 0) is 68.8 Å². The second kappa shape index (κ2) is 7.65. The van der Waals surface area contributed by atoms with Crippen LogP contribution in [0.1, 0.15) is 44.6 Å². The smallest absolute Gasteiger partial charge is 0.222 e. The van der Waals surface area contributed by atoms with E-state index in [0.29, 0.717) is 30.1 Å². The number of hydrogen-bond donors (Lipinski definition) is 1. The maximum atomic E-state index is 11.9. The van der Waals surface area contributed by atoms with Crippen molar-refractivity contribution < 1.29 is 14.6 Å². The zero-order valence-corrected chi connectivity index (χ0v) is 15.5. The van der Waals surface area contributed by atoms with Gasteiger partial charge in [0, 0.05) is 26.6 Å². The molecule has 0 aliphatic carbocycles. The molecule has 0 atom stereocenters. The van der Waals surface area contributed by atoms with Crippen molar-refractivity contribution in [1.82, 2.24) is 9.80 Å². The average Bonchev–Trinajstić information content (AvgIpc) is 2.75. The van der Waals surface area contributed by atoms with Crippen LogP contribution in [0.3, 0.4) is 0 Å². The Labute approximate surface area is 150 Å². The van der Waals surface area contributed by atoms with Crippen LogP contribution in [0, 0.1) is 5.41 Å². The molecule has 3 rings (SSSR count). The monoisotopic (exact) mass is 346 g/mol. The highest BCUT2D eigenvalue weighted by atomic mass is 16.5. The molecule has 0 saturated carbocycles. The van der Waals surface area contributed by atoms with Crippen LogP contribution in [-0.4, -0.2) is 54.1 Å². The van der Waals surface area contributed by atoms with Gasteiger partial charge in [0.15, 0.2) is 11.5 Å². The van der Waals surface area contributed by atoms with E-state index in [2.05, 4.69) is 4.90 Å². The van der Waals surface area contributed by atoms with E-state index in [0.717, 1.165) is 39.0 Å². The summed E-state index contributed by atoms with van der Waals surface area (Å²) in [4.78, 5) is 16.3. The number of ether oxygens (including phenoxy) is 1. The van der Waals surface area contributed by atoms with Crippen molar-refractivity contribution >= 4 is 5.91 Å². The quantitative estimate of drug-likeness (QED) is 0.910. The number of carbonyl (C=O) groups excluding carboxylic acids is 1. The number of hydrogen-bond acceptors (Lipinski definition) is 4. The summed E-state index contributed by atoms with van der Waals surface area (Å²) >= 11 is 0. The van der Waals surface area contributed by atoms with Crippen LogP contribution in [0.5, 0.6) is 11.5 Å². The van der Waals surface area contributed by atoms with E-state index >= 15 is 0 Å². The molecule has 1 aromatic rings. The standard InChI is InChI=1S/C20H30N2O3/c1-3-25-18-14-16(4-5-17(18)23)15-22-12-9-20(10-13-22)7-6-19(24)21(2)11-8-20/h4-5,14,23H,3,6-13,15H2,1-2H3. The third-order valence-corrected chi connectivity index (χ3v) is 5.92. The molecule has 2 aliphatic rings. The molecular formula is C20H30N2O3. The Balaban J connectivity index is 1.57. The average molecular weight is 346 g/mol. The predicted molar refractivity (Wildman–Crippen MR) is 97.7 cm³/mol. The van der Waals surface area contributed by atoms with Crippen molar-refractivity contribution in [3.63, 3.8) is 0 Å². The van der Waals surface area contributed by atoms with Gasteiger partial charge < -0.3 is 14.7 Å². The lowest BCUT2D eigenvalue weighted by atomic mass is 9.73. The van der Waals surface area contributed by atoms with Crippen LogP contribution >= 0.6 is 0 Å². The van der Waals surface area contributed by atoms with Gasteiger partial charge in [-0.3, -0.25) is 9.69 Å². The molecule has 0 aromatic heterocycles. The Morgan fingerprint density at radius 1 is 1.16 bits per heavy atom. The van der Waals surface area contributed by atoms with E-state index in [9.17, 15) is 9.90 Å². The van der Waals surface area contributed by atoms with Gasteiger partial charge in [0.1, 0.15) is 0 Å². The fourth-order valence-corrected chi connectivity index (χ4v) is 4.09. The van der Waals surface area contributed by atoms with E-state index < -0.39 is 0 Å². The van der Waals surface area contributed by atoms with Crippen LogP contribution in [-0.2, 0) is 11.3 Å². The van der Waals surface area contributed by atoms with Crippen molar-refractivity contribution in [3.05, 3.63) is 23.8 Å². The summed E-state index contributed by atoms with van der Waals surface area (Å²) in [6.45, 7) is 6.40. The fourth-order valence-electron chi connectivity index (χ4n) is 4.09. The Morgan fingerprint density at radius 3 is 2.60 bits per heavy atom. The number of likely N-dealkylation sites (tertiary alicyclic amines) is 2. The third kappa shape index (κ3) is 4.27. The molecule has 138 valence electrons. The minimum absolute atomic E-state index is 0.204. The van der Waals surface area contributed by atoms with Gasteiger partial charge in [0.05, 0.1) is 6.61 Å². The zero-order valence-electron chi connectivity index (χ0n) is 15.5. The van der Waals surface area contributed by atoms with Gasteiger partial charge in [-0.1, -0.05) is 6.07 Å². The molecule has 25 heavy (non-hydrogen) atoms. The number of carbonyl (C=O) groups is 1. The first-order valence-electron chi connectivity index (χ1n) is 9.42. The molecule has 2 heterocycles. The number of benzene rings is 1. The van der Waals surface area contributed by atoms with E-state index in [-0.39, 0.29) is 5.75 Å². The lowest BCUT2D eigenvalue weighted by molar-refractivity contribution is -0.129. The zero-order chi connectivity index (χ0) is 17.9. The molecule has 1 spiro atoms. The first kappa shape index (κ1) is 18.1. The van der Waals surface area contributed by atoms with E-state index in [1.807, 2.05) is 31.0 Å². The van der Waals surface area contributed by atoms with Crippen molar-refractivity contribution in [2.45, 2.75) is 45.6 Å². The maximum absolute atomic E-state index is 11.9. The van der Waals surface area contributed by atoms with Crippen molar-refractivity contribution in [2.75, 3.05) is 33.3 Å². The Bertz CT molecular complexity index is 609. The summed E-state index contributed by atoms with van der Waals surface area (Å²) in [5.74, 6) is 1.07. The highest BCUT2D eigenvalue weighted by Crippen LogP contribution is 2.41. The number of rotatable bonds is 4. The largest absolute Gasteiger partial charge is 0.504 e. The number of piperidine rings is 1. The number of phenolic OH excluding ortho intramolecular Hbond substituents is 1. The molecule has 5 nitrogen and oxygen atoms in total. The number of nitrogens with zero attached hydrogens (tertiary/aromatic N) is 2. The topological polar surface area (TPSA) is 53.0 Å². The summed E-state index contributed by atoms with van der Waals surface area (Å²) in [7, 11) is 1.93. The van der Waals surface area contributed by atoms with E-state index in [1.54, 1.807) is 6.07 Å². The van der Waals surface area contributed by atoms with Gasteiger partial charge in [0.2, 0.25) is 5.91 Å². The molecule has 2 saturated heterocycles. The lowest BCUT2D eigenvalue weighted by Gasteiger charge is -2.41. The second-order valence-electron chi connectivity index (χ2n) is 7.58. The van der Waals surface area contributed by atoms with Crippen LogP contribution in [0.25, 0.3) is 0 Å². The molecule has 0 unspecified atom stereocenters. The van der Waals surface area contributed by atoms with Crippen molar-refractivity contribution in [2.24, 2.45) is 5.41 Å². The predicted octanol–water partition coefficient (Wildman–Crippen LogP) is 3.02. The number of amides is 1. The van der Waals surface area contributed by atoms with Crippen LogP contribution < -0.4 is 4.74 Å². The minimum Gasteiger partial charge on any atom is -0.504 e. The van der Waals surface area contributed by atoms with Crippen molar-refractivity contribution in [3.8, 4) is 11.5 Å². The van der Waals surface area contributed by atoms with Gasteiger partial charge in [0.25, 0.3) is 0 Å². The van der Waals surface area contributed by atoms with Gasteiger partial charge in [-0.2, -0.15) is 0 Å². The summed E-state index contributed by atoms with van der Waals surface area (Å²) < 4.78 is 5.49. The summed E-state index contributed by atoms with van der Waals surface area (Å²) in [6.07, 6.45) is 5.22. The van der Waals surface area contributed by atoms with Crippen LogP contribution in [0.2, 0.25) is 0 Å². The SMILES string of the molecule is CCOc1cc(CN2CCC3(CCC(=O)N(C)CC3)CC2)ccc1O. The first-order valence-corrected chi connectivity index (χ1v) is 9.42. The Hall–Kier alpha value is -1.75. The first-order chi connectivity index (χ1) is 12.0. The fraction of sp³-hybridized carbons (Fsp3) is 0.650. The lowest BCUT2D eigenvalue weighted by Crippen LogP contribution is -2.40. The Morgan fingerprint density at radius 2 is 1.88 bits per heavy atom.